The number of hydrogen-bond acceptors (Lipinski definition) is 4. The first-order chi connectivity index (χ1) is 9.52. The first-order valence-corrected chi connectivity index (χ1v) is 7.85. The van der Waals surface area contributed by atoms with Crippen molar-refractivity contribution in [1.82, 2.24) is 10.2 Å². The Balaban J connectivity index is 1.72. The van der Waals surface area contributed by atoms with Gasteiger partial charge >= 0.3 is 0 Å². The molecule has 2 fully saturated rings. The minimum atomic E-state index is -0.569. The summed E-state index contributed by atoms with van der Waals surface area (Å²) in [6.07, 6.45) is 5.49. The molecule has 0 aromatic rings. The number of aliphatic hydroxyl groups is 2. The fourth-order valence-electron chi connectivity index (χ4n) is 3.46. The van der Waals surface area contributed by atoms with E-state index in [2.05, 4.69) is 17.1 Å². The van der Waals surface area contributed by atoms with Crippen molar-refractivity contribution in [3.63, 3.8) is 0 Å². The monoisotopic (exact) mass is 284 g/mol. The Hall–Kier alpha value is -0.650. The van der Waals surface area contributed by atoms with Gasteiger partial charge in [0.25, 0.3) is 0 Å². The molecule has 0 aromatic carbocycles. The number of carbonyl (C=O) groups is 1. The molecule has 0 radical (unpaired) electrons. The van der Waals surface area contributed by atoms with Crippen molar-refractivity contribution in [2.24, 2.45) is 5.92 Å². The summed E-state index contributed by atoms with van der Waals surface area (Å²) in [5.41, 5.74) is -0.569. The smallest absolute Gasteiger partial charge is 0.207 e. The molecular weight excluding hydrogens is 256 g/mol. The van der Waals surface area contributed by atoms with Crippen molar-refractivity contribution in [3.05, 3.63) is 0 Å². The number of nitrogens with zero attached hydrogens (tertiary/aromatic N) is 1. The van der Waals surface area contributed by atoms with Crippen LogP contribution in [-0.4, -0.2) is 58.9 Å². The topological polar surface area (TPSA) is 72.8 Å². The maximum atomic E-state index is 10.6. The van der Waals surface area contributed by atoms with Crippen LogP contribution in [0.1, 0.15) is 45.4 Å². The van der Waals surface area contributed by atoms with E-state index in [9.17, 15) is 15.0 Å². The van der Waals surface area contributed by atoms with Gasteiger partial charge < -0.3 is 20.4 Å². The first-order valence-electron chi connectivity index (χ1n) is 7.85. The fourth-order valence-corrected chi connectivity index (χ4v) is 3.46. The van der Waals surface area contributed by atoms with Gasteiger partial charge in [-0.3, -0.25) is 4.79 Å². The zero-order chi connectivity index (χ0) is 14.6. The van der Waals surface area contributed by atoms with Gasteiger partial charge in [-0.1, -0.05) is 6.92 Å². The molecule has 2 rings (SSSR count). The van der Waals surface area contributed by atoms with Crippen LogP contribution in [0.15, 0.2) is 0 Å². The number of carbonyl (C=O) groups excluding carboxylic acids is 1. The van der Waals surface area contributed by atoms with Crippen LogP contribution in [0.5, 0.6) is 0 Å². The minimum absolute atomic E-state index is 0.167. The Kier molecular flexibility index (Phi) is 5.41. The van der Waals surface area contributed by atoms with Gasteiger partial charge in [0.05, 0.1) is 11.7 Å². The molecule has 1 amide bonds. The van der Waals surface area contributed by atoms with Crippen molar-refractivity contribution in [2.75, 3.05) is 19.6 Å². The number of aliphatic hydroxyl groups excluding tert-OH is 1. The van der Waals surface area contributed by atoms with E-state index in [-0.39, 0.29) is 12.1 Å². The Morgan fingerprint density at radius 3 is 2.65 bits per heavy atom. The summed E-state index contributed by atoms with van der Waals surface area (Å²) in [5.74, 6) is 0.325. The third-order valence-electron chi connectivity index (χ3n) is 5.06. The van der Waals surface area contributed by atoms with Gasteiger partial charge in [-0.2, -0.15) is 0 Å². The first kappa shape index (κ1) is 15.7. The van der Waals surface area contributed by atoms with Crippen LogP contribution in [0.4, 0.5) is 0 Å². The molecule has 5 nitrogen and oxygen atoms in total. The molecule has 1 aliphatic carbocycles. The van der Waals surface area contributed by atoms with Crippen molar-refractivity contribution in [1.29, 1.82) is 0 Å². The van der Waals surface area contributed by atoms with Gasteiger partial charge in [0, 0.05) is 25.7 Å². The molecule has 0 spiro atoms. The number of nitrogens with one attached hydrogen (secondary N) is 1. The zero-order valence-corrected chi connectivity index (χ0v) is 12.4. The summed E-state index contributed by atoms with van der Waals surface area (Å²) in [6.45, 7) is 4.84. The Morgan fingerprint density at radius 2 is 2.05 bits per heavy atom. The third-order valence-corrected chi connectivity index (χ3v) is 5.06. The van der Waals surface area contributed by atoms with Gasteiger partial charge in [0.2, 0.25) is 6.41 Å². The number of piperidine rings is 1. The third kappa shape index (κ3) is 4.17. The van der Waals surface area contributed by atoms with Gasteiger partial charge in [-0.15, -0.1) is 0 Å². The van der Waals surface area contributed by atoms with E-state index in [1.54, 1.807) is 0 Å². The van der Waals surface area contributed by atoms with E-state index in [4.69, 9.17) is 0 Å². The van der Waals surface area contributed by atoms with Gasteiger partial charge in [-0.25, -0.2) is 0 Å². The summed E-state index contributed by atoms with van der Waals surface area (Å²) in [6, 6.07) is 0.234. The van der Waals surface area contributed by atoms with E-state index < -0.39 is 5.60 Å². The molecule has 3 N–H and O–H groups in total. The maximum absolute atomic E-state index is 10.6. The maximum Gasteiger partial charge on any atom is 0.207 e. The number of rotatable bonds is 5. The predicted molar refractivity (Wildman–Crippen MR) is 77.3 cm³/mol. The van der Waals surface area contributed by atoms with Gasteiger partial charge in [0.15, 0.2) is 0 Å². The standard InChI is InChI=1S/C15H28N2O3/c1-12-10-17(8-4-14(12)19)9-7-15(20)5-2-13(3-6-15)16-11-18/h11-14,19-20H,2-10H2,1H3,(H,16,18)/t12-,13?,14-,15?/m0/s1. The lowest BCUT2D eigenvalue weighted by Gasteiger charge is -2.39. The summed E-state index contributed by atoms with van der Waals surface area (Å²) in [4.78, 5) is 12.8. The molecule has 1 aliphatic heterocycles. The highest BCUT2D eigenvalue weighted by Gasteiger charge is 2.34. The lowest BCUT2D eigenvalue weighted by Crippen LogP contribution is -2.46. The highest BCUT2D eigenvalue weighted by Crippen LogP contribution is 2.31. The lowest BCUT2D eigenvalue weighted by atomic mass is 9.80. The number of likely N-dealkylation sites (tertiary alicyclic amines) is 1. The number of amides is 1. The minimum Gasteiger partial charge on any atom is -0.393 e. The van der Waals surface area contributed by atoms with E-state index in [1.165, 1.54) is 0 Å². The quantitative estimate of drug-likeness (QED) is 0.643. The van der Waals surface area contributed by atoms with Crippen LogP contribution < -0.4 is 5.32 Å². The largest absolute Gasteiger partial charge is 0.393 e. The van der Waals surface area contributed by atoms with Crippen LogP contribution in [0.25, 0.3) is 0 Å². The van der Waals surface area contributed by atoms with Crippen molar-refractivity contribution in [3.8, 4) is 0 Å². The highest BCUT2D eigenvalue weighted by atomic mass is 16.3. The predicted octanol–water partition coefficient (Wildman–Crippen LogP) is 0.499. The molecule has 0 bridgehead atoms. The summed E-state index contributed by atoms with van der Waals surface area (Å²) >= 11 is 0. The molecule has 1 saturated heterocycles. The van der Waals surface area contributed by atoms with Gasteiger partial charge in [-0.05, 0) is 44.4 Å². The summed E-state index contributed by atoms with van der Waals surface area (Å²) in [7, 11) is 0. The molecule has 0 aromatic heterocycles. The fraction of sp³-hybridized carbons (Fsp3) is 0.933. The van der Waals surface area contributed by atoms with E-state index >= 15 is 0 Å². The highest BCUT2D eigenvalue weighted by molar-refractivity contribution is 5.46. The molecule has 5 heteroatoms. The SMILES string of the molecule is C[C@H]1CN(CCC2(O)CCC(NC=O)CC2)CC[C@@H]1O. The van der Waals surface area contributed by atoms with E-state index in [0.29, 0.717) is 5.92 Å². The second-order valence-electron chi connectivity index (χ2n) is 6.67. The molecule has 116 valence electrons. The zero-order valence-electron chi connectivity index (χ0n) is 12.4. The second kappa shape index (κ2) is 6.87. The average Bonchev–Trinajstić information content (AvgIpc) is 2.43. The Morgan fingerprint density at radius 1 is 1.35 bits per heavy atom. The van der Waals surface area contributed by atoms with Crippen LogP contribution in [0.2, 0.25) is 0 Å². The van der Waals surface area contributed by atoms with E-state index in [1.807, 2.05) is 0 Å². The molecule has 2 aliphatic rings. The molecule has 20 heavy (non-hydrogen) atoms. The molecule has 0 unspecified atom stereocenters. The lowest BCUT2D eigenvalue weighted by molar-refractivity contribution is -0.111. The summed E-state index contributed by atoms with van der Waals surface area (Å²) in [5, 5.41) is 23.2. The summed E-state index contributed by atoms with van der Waals surface area (Å²) < 4.78 is 0. The Bertz CT molecular complexity index is 316. The van der Waals surface area contributed by atoms with Crippen molar-refractivity contribution < 1.29 is 15.0 Å². The molecule has 1 saturated carbocycles. The van der Waals surface area contributed by atoms with Gasteiger partial charge in [0.1, 0.15) is 0 Å². The van der Waals surface area contributed by atoms with Crippen molar-refractivity contribution in [2.45, 2.75) is 63.2 Å². The van der Waals surface area contributed by atoms with Crippen LogP contribution >= 0.6 is 0 Å². The second-order valence-corrected chi connectivity index (χ2v) is 6.67. The molecule has 1 heterocycles. The van der Waals surface area contributed by atoms with Crippen LogP contribution in [0.3, 0.4) is 0 Å². The average molecular weight is 284 g/mol. The normalized spacial score (nSPS) is 39.5. The van der Waals surface area contributed by atoms with E-state index in [0.717, 1.165) is 64.6 Å². The van der Waals surface area contributed by atoms with Crippen LogP contribution in [0, 0.1) is 5.92 Å². The van der Waals surface area contributed by atoms with Crippen molar-refractivity contribution >= 4 is 6.41 Å². The number of hydrogen-bond donors (Lipinski definition) is 3. The molecule has 2 atom stereocenters. The Labute approximate surface area is 121 Å². The van der Waals surface area contributed by atoms with Crippen LogP contribution in [-0.2, 0) is 4.79 Å². The molecular formula is C15H28N2O3.